The van der Waals surface area contributed by atoms with Crippen molar-refractivity contribution in [2.45, 2.75) is 26.4 Å². The van der Waals surface area contributed by atoms with Gasteiger partial charge in [0.2, 0.25) is 0 Å². The van der Waals surface area contributed by atoms with E-state index in [1.807, 2.05) is 29.3 Å². The van der Waals surface area contributed by atoms with Crippen molar-refractivity contribution in [3.8, 4) is 5.82 Å². The average Bonchev–Trinajstić information content (AvgIpc) is 3.26. The molecule has 0 unspecified atom stereocenters. The van der Waals surface area contributed by atoms with Gasteiger partial charge in [-0.25, -0.2) is 9.67 Å². The third-order valence-electron chi connectivity index (χ3n) is 4.65. The van der Waals surface area contributed by atoms with Crippen molar-refractivity contribution in [1.29, 1.82) is 0 Å². The first-order chi connectivity index (χ1) is 11.6. The minimum Gasteiger partial charge on any atom is -0.345 e. The third-order valence-corrected chi connectivity index (χ3v) is 4.65. The van der Waals surface area contributed by atoms with Gasteiger partial charge in [0.1, 0.15) is 5.69 Å². The van der Waals surface area contributed by atoms with E-state index in [9.17, 15) is 4.79 Å². The average molecular weight is 321 g/mol. The summed E-state index contributed by atoms with van der Waals surface area (Å²) in [5.41, 5.74) is 2.87. The van der Waals surface area contributed by atoms with Crippen LogP contribution in [-0.2, 0) is 6.54 Å². The Bertz CT molecular complexity index is 881. The van der Waals surface area contributed by atoms with Gasteiger partial charge in [-0.1, -0.05) is 6.07 Å². The highest BCUT2D eigenvalue weighted by Crippen LogP contribution is 2.28. The molecule has 4 rings (SSSR count). The first-order valence-corrected chi connectivity index (χ1v) is 8.09. The Morgan fingerprint density at radius 3 is 2.83 bits per heavy atom. The van der Waals surface area contributed by atoms with Crippen LogP contribution in [0.4, 0.5) is 0 Å². The number of carbonyl (C=O) groups is 1. The molecular weight excluding hydrogens is 302 g/mol. The maximum Gasteiger partial charge on any atom is 0.273 e. The molecule has 24 heavy (non-hydrogen) atoms. The van der Waals surface area contributed by atoms with Crippen molar-refractivity contribution in [3.05, 3.63) is 65.9 Å². The van der Waals surface area contributed by atoms with Gasteiger partial charge in [-0.3, -0.25) is 4.79 Å². The molecular formula is C18H19N5O. The van der Waals surface area contributed by atoms with Crippen molar-refractivity contribution >= 4 is 5.91 Å². The molecule has 1 aliphatic heterocycles. The molecule has 0 fully saturated rings. The number of amides is 1. The fraction of sp³-hybridized carbons (Fsp3) is 0.278. The normalized spacial score (nSPS) is 16.9. The first-order valence-electron chi connectivity index (χ1n) is 8.09. The van der Waals surface area contributed by atoms with E-state index in [1.165, 1.54) is 11.4 Å². The van der Waals surface area contributed by atoms with Crippen molar-refractivity contribution < 1.29 is 4.79 Å². The summed E-state index contributed by atoms with van der Waals surface area (Å²) in [7, 11) is 0. The third kappa shape index (κ3) is 2.31. The molecule has 3 aromatic rings. The number of pyridine rings is 1. The number of aryl methyl sites for hydroxylation is 1. The van der Waals surface area contributed by atoms with Crippen LogP contribution in [0, 0.1) is 6.92 Å². The molecule has 0 spiro atoms. The van der Waals surface area contributed by atoms with Crippen LogP contribution >= 0.6 is 0 Å². The standard InChI is InChI=1S/C18H19N5O/c1-13-7-8-16-14(2)22(12-11-21(13)16)18(24)15-5-3-6-17(20-15)23-10-4-9-19-23/h3-10,14H,11-12H2,1-2H3/t14-/m1/s1. The second kappa shape index (κ2) is 5.63. The summed E-state index contributed by atoms with van der Waals surface area (Å²) in [6.07, 6.45) is 3.51. The molecule has 3 aromatic heterocycles. The van der Waals surface area contributed by atoms with Gasteiger partial charge in [0.25, 0.3) is 5.91 Å². The summed E-state index contributed by atoms with van der Waals surface area (Å²) in [6, 6.07) is 11.5. The van der Waals surface area contributed by atoms with Crippen LogP contribution in [0.25, 0.3) is 5.82 Å². The lowest BCUT2D eigenvalue weighted by molar-refractivity contribution is 0.0636. The zero-order chi connectivity index (χ0) is 16.7. The summed E-state index contributed by atoms with van der Waals surface area (Å²) in [4.78, 5) is 19.4. The van der Waals surface area contributed by atoms with E-state index in [1.54, 1.807) is 16.9 Å². The molecule has 6 nitrogen and oxygen atoms in total. The Kier molecular flexibility index (Phi) is 3.45. The second-order valence-corrected chi connectivity index (χ2v) is 6.06. The minimum atomic E-state index is -0.0402. The maximum atomic E-state index is 13.0. The van der Waals surface area contributed by atoms with Crippen LogP contribution in [0.1, 0.15) is 34.8 Å². The molecule has 0 N–H and O–H groups in total. The highest BCUT2D eigenvalue weighted by atomic mass is 16.2. The largest absolute Gasteiger partial charge is 0.345 e. The van der Waals surface area contributed by atoms with Crippen molar-refractivity contribution in [3.63, 3.8) is 0 Å². The van der Waals surface area contributed by atoms with Gasteiger partial charge in [-0.15, -0.1) is 0 Å². The molecule has 0 radical (unpaired) electrons. The topological polar surface area (TPSA) is 56.0 Å². The zero-order valence-corrected chi connectivity index (χ0v) is 13.8. The van der Waals surface area contributed by atoms with Gasteiger partial charge < -0.3 is 9.47 Å². The summed E-state index contributed by atoms with van der Waals surface area (Å²) >= 11 is 0. The first kappa shape index (κ1) is 14.7. The molecule has 122 valence electrons. The molecule has 0 aliphatic carbocycles. The number of fused-ring (bicyclic) bond motifs is 1. The van der Waals surface area contributed by atoms with Crippen LogP contribution in [0.5, 0.6) is 0 Å². The SMILES string of the molecule is Cc1ccc2n1CCN(C(=O)c1cccc(-n3cccn3)n1)[C@@H]2C. The van der Waals surface area contributed by atoms with E-state index in [-0.39, 0.29) is 11.9 Å². The van der Waals surface area contributed by atoms with Gasteiger partial charge >= 0.3 is 0 Å². The number of nitrogens with zero attached hydrogens (tertiary/aromatic N) is 5. The van der Waals surface area contributed by atoms with E-state index >= 15 is 0 Å². The van der Waals surface area contributed by atoms with E-state index in [0.29, 0.717) is 18.1 Å². The van der Waals surface area contributed by atoms with Gasteiger partial charge in [0.05, 0.1) is 6.04 Å². The molecule has 4 heterocycles. The Morgan fingerprint density at radius 2 is 2.04 bits per heavy atom. The van der Waals surface area contributed by atoms with Crippen molar-refractivity contribution in [1.82, 2.24) is 24.2 Å². The lowest BCUT2D eigenvalue weighted by Gasteiger charge is -2.35. The van der Waals surface area contributed by atoms with E-state index < -0.39 is 0 Å². The van der Waals surface area contributed by atoms with Gasteiger partial charge in [-0.05, 0) is 44.2 Å². The fourth-order valence-electron chi connectivity index (χ4n) is 3.32. The monoisotopic (exact) mass is 321 g/mol. The Morgan fingerprint density at radius 1 is 1.17 bits per heavy atom. The molecule has 1 amide bonds. The number of carbonyl (C=O) groups excluding carboxylic acids is 1. The fourth-order valence-corrected chi connectivity index (χ4v) is 3.32. The van der Waals surface area contributed by atoms with Crippen LogP contribution in [0.2, 0.25) is 0 Å². The van der Waals surface area contributed by atoms with Gasteiger partial charge in [0.15, 0.2) is 5.82 Å². The number of rotatable bonds is 2. The summed E-state index contributed by atoms with van der Waals surface area (Å²) in [5.74, 6) is 0.608. The van der Waals surface area contributed by atoms with E-state index in [0.717, 1.165) is 6.54 Å². The van der Waals surface area contributed by atoms with Crippen LogP contribution in [0.15, 0.2) is 48.8 Å². The van der Waals surface area contributed by atoms with Crippen LogP contribution in [0.3, 0.4) is 0 Å². The summed E-state index contributed by atoms with van der Waals surface area (Å²) < 4.78 is 3.94. The zero-order valence-electron chi connectivity index (χ0n) is 13.8. The maximum absolute atomic E-state index is 13.0. The lowest BCUT2D eigenvalue weighted by Crippen LogP contribution is -2.41. The number of aromatic nitrogens is 4. The quantitative estimate of drug-likeness (QED) is 0.729. The van der Waals surface area contributed by atoms with Crippen molar-refractivity contribution in [2.24, 2.45) is 0 Å². The molecule has 0 bridgehead atoms. The Balaban J connectivity index is 1.64. The van der Waals surface area contributed by atoms with Crippen LogP contribution in [-0.4, -0.2) is 36.7 Å². The highest BCUT2D eigenvalue weighted by Gasteiger charge is 2.29. The molecule has 0 saturated carbocycles. The van der Waals surface area contributed by atoms with Crippen molar-refractivity contribution in [2.75, 3.05) is 6.54 Å². The predicted octanol–water partition coefficient (Wildman–Crippen LogP) is 2.59. The predicted molar refractivity (Wildman–Crippen MR) is 90.0 cm³/mol. The molecule has 1 atom stereocenters. The van der Waals surface area contributed by atoms with Gasteiger partial charge in [-0.2, -0.15) is 5.10 Å². The van der Waals surface area contributed by atoms with E-state index in [2.05, 4.69) is 40.6 Å². The summed E-state index contributed by atoms with van der Waals surface area (Å²) in [5, 5.41) is 4.17. The minimum absolute atomic E-state index is 0.0371. The number of hydrogen-bond acceptors (Lipinski definition) is 3. The summed E-state index contributed by atoms with van der Waals surface area (Å²) in [6.45, 7) is 5.68. The van der Waals surface area contributed by atoms with Crippen LogP contribution < -0.4 is 0 Å². The molecule has 0 saturated heterocycles. The number of hydrogen-bond donors (Lipinski definition) is 0. The smallest absolute Gasteiger partial charge is 0.273 e. The molecule has 6 heteroatoms. The van der Waals surface area contributed by atoms with Gasteiger partial charge in [0, 0.05) is 36.9 Å². The lowest BCUT2D eigenvalue weighted by atomic mass is 10.1. The Labute approximate surface area is 140 Å². The second-order valence-electron chi connectivity index (χ2n) is 6.06. The Hall–Kier alpha value is -2.89. The molecule has 1 aliphatic rings. The highest BCUT2D eigenvalue weighted by molar-refractivity contribution is 5.92. The van der Waals surface area contributed by atoms with E-state index in [4.69, 9.17) is 0 Å². The molecule has 0 aromatic carbocycles.